The molecule has 1 fully saturated rings. The summed E-state index contributed by atoms with van der Waals surface area (Å²) in [7, 11) is 0. The number of rotatable bonds is 4. The van der Waals surface area contributed by atoms with Crippen molar-refractivity contribution in [3.63, 3.8) is 0 Å². The fraction of sp³-hybridized carbons (Fsp3) is 0.812. The molecular formula is C16H29N3O5. The van der Waals surface area contributed by atoms with Crippen LogP contribution < -0.4 is 0 Å². The molecule has 8 nitrogen and oxygen atoms in total. The average Bonchev–Trinajstić information content (AvgIpc) is 3.08. The lowest BCUT2D eigenvalue weighted by Crippen LogP contribution is -2.51. The molecule has 4 atom stereocenters. The molecule has 0 radical (unpaired) electrons. The van der Waals surface area contributed by atoms with Crippen LogP contribution in [0.5, 0.6) is 0 Å². The van der Waals surface area contributed by atoms with Crippen LogP contribution in [-0.2, 0) is 11.3 Å². The summed E-state index contributed by atoms with van der Waals surface area (Å²) in [6.07, 6.45) is 0.968. The molecule has 24 heavy (non-hydrogen) atoms. The summed E-state index contributed by atoms with van der Waals surface area (Å²) in [5, 5.41) is 46.6. The molecule has 2 rings (SSSR count). The van der Waals surface area contributed by atoms with Gasteiger partial charge in [0.25, 0.3) is 0 Å². The Balaban J connectivity index is 2.04. The van der Waals surface area contributed by atoms with E-state index >= 15 is 0 Å². The molecule has 5 N–H and O–H groups in total. The largest absolute Gasteiger partial charge is 0.394 e. The van der Waals surface area contributed by atoms with Gasteiger partial charge >= 0.3 is 0 Å². The van der Waals surface area contributed by atoms with E-state index < -0.39 is 31.0 Å². The molecule has 138 valence electrons. The third kappa shape index (κ3) is 5.80. The van der Waals surface area contributed by atoms with Crippen LogP contribution >= 0.6 is 0 Å². The van der Waals surface area contributed by atoms with E-state index in [0.29, 0.717) is 13.2 Å². The van der Waals surface area contributed by atoms with Crippen molar-refractivity contribution in [1.82, 2.24) is 15.1 Å². The highest BCUT2D eigenvalue weighted by atomic mass is 16.5. The smallest absolute Gasteiger partial charge is 0.114 e. The van der Waals surface area contributed by atoms with Crippen molar-refractivity contribution in [3.05, 3.63) is 18.0 Å². The Morgan fingerprint density at radius 3 is 2.79 bits per heavy atom. The number of hydrogen-bond donors (Lipinski definition) is 5. The van der Waals surface area contributed by atoms with Crippen LogP contribution in [-0.4, -0.2) is 86.2 Å². The Labute approximate surface area is 142 Å². The van der Waals surface area contributed by atoms with Gasteiger partial charge in [0.05, 0.1) is 12.7 Å². The Morgan fingerprint density at radius 1 is 1.29 bits per heavy atom. The second-order valence-corrected chi connectivity index (χ2v) is 6.37. The predicted octanol–water partition coefficient (Wildman–Crippen LogP) is -0.754. The summed E-state index contributed by atoms with van der Waals surface area (Å²) in [5.41, 5.74) is 0.937. The molecule has 1 aromatic rings. The highest BCUT2D eigenvalue weighted by molar-refractivity contribution is 4.97. The standard InChI is InChI=1S/C16H29N3O5/c20-11-14(22)16-15(23)13(21)10-19(9-12-5-6-17-18-12)7-3-1-2-4-8-24-16/h5-6,13-16,20-23H,1-4,7-11H2,(H,17,18)/t13-,14+,15+,16+/m0/s1. The molecule has 8 heteroatoms. The highest BCUT2D eigenvalue weighted by Gasteiger charge is 2.33. The first-order valence-electron chi connectivity index (χ1n) is 8.59. The van der Waals surface area contributed by atoms with Gasteiger partial charge in [0, 0.05) is 31.6 Å². The van der Waals surface area contributed by atoms with Gasteiger partial charge in [-0.15, -0.1) is 0 Å². The normalized spacial score (nSPS) is 29.6. The minimum absolute atomic E-state index is 0.248. The first-order chi connectivity index (χ1) is 11.6. The van der Waals surface area contributed by atoms with Gasteiger partial charge in [-0.25, -0.2) is 0 Å². The molecule has 1 aromatic heterocycles. The second kappa shape index (κ2) is 10.1. The van der Waals surface area contributed by atoms with E-state index in [4.69, 9.17) is 9.84 Å². The maximum atomic E-state index is 10.4. The van der Waals surface area contributed by atoms with Gasteiger partial charge in [-0.2, -0.15) is 5.10 Å². The highest BCUT2D eigenvalue weighted by Crippen LogP contribution is 2.15. The maximum absolute atomic E-state index is 10.4. The van der Waals surface area contributed by atoms with Crippen LogP contribution in [0.15, 0.2) is 12.3 Å². The van der Waals surface area contributed by atoms with Gasteiger partial charge in [-0.3, -0.25) is 10.00 Å². The van der Waals surface area contributed by atoms with Gasteiger partial charge in [0.15, 0.2) is 0 Å². The first-order valence-corrected chi connectivity index (χ1v) is 8.59. The maximum Gasteiger partial charge on any atom is 0.114 e. The van der Waals surface area contributed by atoms with Crippen LogP contribution in [0.1, 0.15) is 31.4 Å². The fourth-order valence-electron chi connectivity index (χ4n) is 2.99. The number of H-pyrrole nitrogens is 1. The monoisotopic (exact) mass is 343 g/mol. The summed E-state index contributed by atoms with van der Waals surface area (Å²) in [4.78, 5) is 2.05. The third-order valence-corrected chi connectivity index (χ3v) is 4.37. The van der Waals surface area contributed by atoms with Crippen LogP contribution in [0.3, 0.4) is 0 Å². The Hall–Kier alpha value is -1.03. The van der Waals surface area contributed by atoms with Gasteiger partial charge in [0.2, 0.25) is 0 Å². The Kier molecular flexibility index (Phi) is 8.10. The van der Waals surface area contributed by atoms with E-state index in [2.05, 4.69) is 10.2 Å². The van der Waals surface area contributed by atoms with Crippen molar-refractivity contribution in [2.75, 3.05) is 26.3 Å². The summed E-state index contributed by atoms with van der Waals surface area (Å²) < 4.78 is 5.54. The minimum Gasteiger partial charge on any atom is -0.394 e. The minimum atomic E-state index is -1.27. The number of β-amino-alcohol motifs (C(OH)–C–C–N with tert-alkyl or cyclic N) is 1. The number of aromatic nitrogens is 2. The number of aromatic amines is 1. The number of aliphatic hydroxyl groups excluding tert-OH is 4. The quantitative estimate of drug-likeness (QED) is 0.487. The number of aliphatic hydroxyl groups is 4. The Morgan fingerprint density at radius 2 is 2.08 bits per heavy atom. The van der Waals surface area contributed by atoms with E-state index in [0.717, 1.165) is 37.9 Å². The SMILES string of the molecule is OC[C@@H](O)[C@H]1OCCCCCCN(Cc2ccn[nH]2)C[C@H](O)[C@H]1O. The zero-order valence-corrected chi connectivity index (χ0v) is 13.9. The molecule has 1 saturated heterocycles. The van der Waals surface area contributed by atoms with Crippen molar-refractivity contribution < 1.29 is 25.2 Å². The van der Waals surface area contributed by atoms with Crippen molar-refractivity contribution >= 4 is 0 Å². The van der Waals surface area contributed by atoms with Crippen LogP contribution in [0.25, 0.3) is 0 Å². The zero-order valence-electron chi connectivity index (χ0n) is 13.9. The van der Waals surface area contributed by atoms with Crippen LogP contribution in [0.4, 0.5) is 0 Å². The molecule has 0 amide bonds. The topological polar surface area (TPSA) is 122 Å². The molecule has 0 aliphatic carbocycles. The lowest BCUT2D eigenvalue weighted by Gasteiger charge is -2.33. The van der Waals surface area contributed by atoms with Gasteiger partial charge < -0.3 is 25.2 Å². The van der Waals surface area contributed by atoms with Gasteiger partial charge in [-0.05, 0) is 25.5 Å². The van der Waals surface area contributed by atoms with Crippen molar-refractivity contribution in [2.45, 2.75) is 56.6 Å². The third-order valence-electron chi connectivity index (χ3n) is 4.37. The van der Waals surface area contributed by atoms with E-state index in [1.165, 1.54) is 0 Å². The lowest BCUT2D eigenvalue weighted by atomic mass is 10.0. The molecular weight excluding hydrogens is 314 g/mol. The van der Waals surface area contributed by atoms with E-state index in [9.17, 15) is 15.3 Å². The molecule has 0 bridgehead atoms. The number of hydrogen-bond acceptors (Lipinski definition) is 7. The average molecular weight is 343 g/mol. The summed E-state index contributed by atoms with van der Waals surface area (Å²) in [5.74, 6) is 0. The first kappa shape index (κ1) is 19.3. The van der Waals surface area contributed by atoms with Crippen molar-refractivity contribution in [1.29, 1.82) is 0 Å². The molecule has 0 saturated carbocycles. The molecule has 0 unspecified atom stereocenters. The van der Waals surface area contributed by atoms with Gasteiger partial charge in [-0.1, -0.05) is 12.8 Å². The molecule has 1 aliphatic rings. The summed E-state index contributed by atoms with van der Waals surface area (Å²) in [6.45, 7) is 1.52. The van der Waals surface area contributed by atoms with E-state index in [-0.39, 0.29) is 6.54 Å². The van der Waals surface area contributed by atoms with Gasteiger partial charge in [0.1, 0.15) is 18.3 Å². The van der Waals surface area contributed by atoms with Crippen molar-refractivity contribution in [2.24, 2.45) is 0 Å². The molecule has 0 spiro atoms. The lowest BCUT2D eigenvalue weighted by molar-refractivity contribution is -0.147. The molecule has 1 aliphatic heterocycles. The van der Waals surface area contributed by atoms with E-state index in [1.54, 1.807) is 6.20 Å². The van der Waals surface area contributed by atoms with Crippen LogP contribution in [0, 0.1) is 0 Å². The zero-order chi connectivity index (χ0) is 17.4. The number of nitrogens with zero attached hydrogens (tertiary/aromatic N) is 2. The Bertz CT molecular complexity index is 445. The van der Waals surface area contributed by atoms with Crippen LogP contribution in [0.2, 0.25) is 0 Å². The van der Waals surface area contributed by atoms with E-state index in [1.807, 2.05) is 11.0 Å². The molecule has 0 aromatic carbocycles. The van der Waals surface area contributed by atoms with Crippen molar-refractivity contribution in [3.8, 4) is 0 Å². The number of ether oxygens (including phenoxy) is 1. The fourth-order valence-corrected chi connectivity index (χ4v) is 2.99. The summed E-state index contributed by atoms with van der Waals surface area (Å²) >= 11 is 0. The second-order valence-electron chi connectivity index (χ2n) is 6.37. The summed E-state index contributed by atoms with van der Waals surface area (Å²) in [6, 6.07) is 1.88. The number of nitrogens with one attached hydrogen (secondary N) is 1. The predicted molar refractivity (Wildman–Crippen MR) is 87.2 cm³/mol. The molecule has 2 heterocycles.